The normalized spacial score (nSPS) is 17.1. The van der Waals surface area contributed by atoms with Gasteiger partial charge in [0.05, 0.1) is 5.54 Å². The van der Waals surface area contributed by atoms with Crippen molar-refractivity contribution in [2.75, 3.05) is 41.3 Å². The van der Waals surface area contributed by atoms with E-state index in [4.69, 9.17) is 4.74 Å². The molecule has 0 spiro atoms. The lowest BCUT2D eigenvalue weighted by atomic mass is 9.98. The van der Waals surface area contributed by atoms with Gasteiger partial charge in [-0.25, -0.2) is 19.0 Å². The first-order valence-electron chi connectivity index (χ1n) is 12.8. The summed E-state index contributed by atoms with van der Waals surface area (Å²) < 4.78 is 21.7. The van der Waals surface area contributed by atoms with Crippen LogP contribution >= 0.6 is 0 Å². The van der Waals surface area contributed by atoms with E-state index in [1.165, 1.54) is 10.7 Å². The number of urea groups is 1. The van der Waals surface area contributed by atoms with Gasteiger partial charge in [-0.3, -0.25) is 14.5 Å². The van der Waals surface area contributed by atoms with Gasteiger partial charge in [0.15, 0.2) is 5.82 Å². The second kappa shape index (κ2) is 9.14. The number of fused-ring (bicyclic) bond motifs is 2. The molecule has 2 aliphatic heterocycles. The summed E-state index contributed by atoms with van der Waals surface area (Å²) in [5, 5.41) is 7.53. The average Bonchev–Trinajstić information content (AvgIpc) is 3.40. The molecule has 0 saturated carbocycles. The second-order valence-electron chi connectivity index (χ2n) is 11.5. The van der Waals surface area contributed by atoms with E-state index in [2.05, 4.69) is 20.3 Å². The number of amides is 3. The first-order valence-corrected chi connectivity index (χ1v) is 12.8. The van der Waals surface area contributed by atoms with E-state index >= 15 is 0 Å². The number of aryl methyl sites for hydroxylation is 1. The summed E-state index contributed by atoms with van der Waals surface area (Å²) >= 11 is 0. The van der Waals surface area contributed by atoms with Crippen molar-refractivity contribution in [3.63, 3.8) is 0 Å². The van der Waals surface area contributed by atoms with Crippen molar-refractivity contribution in [2.45, 2.75) is 52.2 Å². The van der Waals surface area contributed by atoms with Crippen molar-refractivity contribution in [3.8, 4) is 0 Å². The van der Waals surface area contributed by atoms with Crippen LogP contribution in [0, 0.1) is 5.82 Å². The summed E-state index contributed by atoms with van der Waals surface area (Å²) in [6.07, 6.45) is 3.74. The number of nitrogens with one attached hydrogen (secondary N) is 1. The van der Waals surface area contributed by atoms with Crippen LogP contribution in [0.4, 0.5) is 31.2 Å². The van der Waals surface area contributed by atoms with E-state index in [1.807, 2.05) is 40.7 Å². The molecule has 3 amide bonds. The minimum atomic E-state index is -0.560. The van der Waals surface area contributed by atoms with Gasteiger partial charge >= 0.3 is 12.1 Å². The zero-order valence-electron chi connectivity index (χ0n) is 22.7. The molecule has 0 unspecified atom stereocenters. The van der Waals surface area contributed by atoms with Gasteiger partial charge in [0.1, 0.15) is 16.9 Å². The maximum Gasteiger partial charge on any atom is 0.410 e. The highest BCUT2D eigenvalue weighted by molar-refractivity contribution is 6.04. The molecule has 0 atom stereocenters. The van der Waals surface area contributed by atoms with Crippen LogP contribution in [0.15, 0.2) is 30.6 Å². The van der Waals surface area contributed by atoms with Crippen LogP contribution in [-0.2, 0) is 18.2 Å². The fourth-order valence-corrected chi connectivity index (χ4v) is 5.26. The summed E-state index contributed by atoms with van der Waals surface area (Å²) in [5.74, 6) is 0.101. The van der Waals surface area contributed by atoms with Gasteiger partial charge in [-0.2, -0.15) is 5.10 Å². The first kappa shape index (κ1) is 25.7. The number of aromatic nitrogens is 3. The molecule has 0 radical (unpaired) electrons. The Hall–Kier alpha value is -3.89. The number of rotatable bonds is 2. The molecular formula is C27H34FN7O3. The SMILES string of the molecule is Cn1cc2cc(NC(=O)N3CCc4c(N5CCN(C(=O)OC(C)(C)C)C(C)(C)C5)ccnc43)cc(F)c2n1. The van der Waals surface area contributed by atoms with Crippen molar-refractivity contribution < 1.29 is 18.7 Å². The molecule has 1 N–H and O–H groups in total. The van der Waals surface area contributed by atoms with Crippen LogP contribution in [-0.4, -0.2) is 69.1 Å². The summed E-state index contributed by atoms with van der Waals surface area (Å²) in [7, 11) is 1.72. The van der Waals surface area contributed by atoms with Crippen molar-refractivity contribution in [2.24, 2.45) is 7.05 Å². The molecule has 11 heteroatoms. The van der Waals surface area contributed by atoms with Crippen LogP contribution in [0.25, 0.3) is 10.9 Å². The number of hydrogen-bond acceptors (Lipinski definition) is 6. The standard InChI is InChI=1S/C27H34FN7O3/c1-26(2,3)38-25(37)35-12-11-33(16-27(35,4)5)21-7-9-29-23-19(21)8-10-34(23)24(36)30-18-13-17-15-32(6)31-22(17)20(28)14-18/h7,9,13-15H,8,10-12,16H2,1-6H3,(H,30,36). The maximum atomic E-state index is 14.5. The largest absolute Gasteiger partial charge is 0.444 e. The molecule has 202 valence electrons. The summed E-state index contributed by atoms with van der Waals surface area (Å²) in [6.45, 7) is 11.9. The number of carbonyl (C=O) groups is 2. The van der Waals surface area contributed by atoms with E-state index in [1.54, 1.807) is 35.3 Å². The summed E-state index contributed by atoms with van der Waals surface area (Å²) in [4.78, 5) is 36.2. The molecule has 10 nitrogen and oxygen atoms in total. The smallest absolute Gasteiger partial charge is 0.410 e. The second-order valence-corrected chi connectivity index (χ2v) is 11.5. The molecule has 2 aliphatic rings. The van der Waals surface area contributed by atoms with Gasteiger partial charge < -0.3 is 15.0 Å². The van der Waals surface area contributed by atoms with E-state index in [-0.39, 0.29) is 17.6 Å². The molecule has 2 aromatic heterocycles. The number of nitrogens with zero attached hydrogens (tertiary/aromatic N) is 6. The number of anilines is 3. The predicted octanol–water partition coefficient (Wildman–Crippen LogP) is 4.54. The lowest BCUT2D eigenvalue weighted by Crippen LogP contribution is -2.62. The molecule has 5 rings (SSSR count). The molecule has 1 saturated heterocycles. The first-order chi connectivity index (χ1) is 17.8. The molecule has 1 fully saturated rings. The van der Waals surface area contributed by atoms with Crippen molar-refractivity contribution in [3.05, 3.63) is 42.0 Å². The molecule has 1 aromatic carbocycles. The highest BCUT2D eigenvalue weighted by atomic mass is 19.1. The van der Waals surface area contributed by atoms with Crippen LogP contribution in [0.5, 0.6) is 0 Å². The summed E-state index contributed by atoms with van der Waals surface area (Å²) in [6, 6.07) is 4.58. The van der Waals surface area contributed by atoms with Crippen LogP contribution in [0.3, 0.4) is 0 Å². The lowest BCUT2D eigenvalue weighted by molar-refractivity contribution is 0.000363. The third-order valence-electron chi connectivity index (χ3n) is 6.88. The molecule has 38 heavy (non-hydrogen) atoms. The molecule has 3 aromatic rings. The van der Waals surface area contributed by atoms with Gasteiger partial charge in [-0.1, -0.05) is 0 Å². The number of pyridine rings is 1. The van der Waals surface area contributed by atoms with Crippen molar-refractivity contribution in [1.82, 2.24) is 19.7 Å². The highest BCUT2D eigenvalue weighted by Crippen LogP contribution is 2.36. The molecule has 0 aliphatic carbocycles. The Labute approximate surface area is 221 Å². The Kier molecular flexibility index (Phi) is 6.19. The Morgan fingerprint density at radius 1 is 1.16 bits per heavy atom. The quantitative estimate of drug-likeness (QED) is 0.530. The van der Waals surface area contributed by atoms with Gasteiger partial charge in [-0.05, 0) is 59.2 Å². The average molecular weight is 524 g/mol. The number of hydrogen-bond donors (Lipinski definition) is 1. The lowest BCUT2D eigenvalue weighted by Gasteiger charge is -2.48. The zero-order valence-corrected chi connectivity index (χ0v) is 22.7. The van der Waals surface area contributed by atoms with Gasteiger partial charge in [-0.15, -0.1) is 0 Å². The van der Waals surface area contributed by atoms with E-state index in [0.717, 1.165) is 11.3 Å². The van der Waals surface area contributed by atoms with Crippen LogP contribution in [0.1, 0.15) is 40.2 Å². The third kappa shape index (κ3) is 4.84. The van der Waals surface area contributed by atoms with E-state index < -0.39 is 17.0 Å². The number of benzene rings is 1. The Morgan fingerprint density at radius 3 is 2.63 bits per heavy atom. The maximum absolute atomic E-state index is 14.5. The Bertz CT molecular complexity index is 1410. The molecule has 4 heterocycles. The molecular weight excluding hydrogens is 489 g/mol. The van der Waals surface area contributed by atoms with Crippen molar-refractivity contribution >= 4 is 40.2 Å². The fraction of sp³-hybridized carbons (Fsp3) is 0.481. The predicted molar refractivity (Wildman–Crippen MR) is 144 cm³/mol. The zero-order chi connectivity index (χ0) is 27.4. The minimum absolute atomic E-state index is 0.262. The topological polar surface area (TPSA) is 95.8 Å². The van der Waals surface area contributed by atoms with Crippen molar-refractivity contribution in [1.29, 1.82) is 0 Å². The van der Waals surface area contributed by atoms with E-state index in [9.17, 15) is 14.0 Å². The minimum Gasteiger partial charge on any atom is -0.444 e. The number of piperazine rings is 1. The Morgan fingerprint density at radius 2 is 1.92 bits per heavy atom. The van der Waals surface area contributed by atoms with Gasteiger partial charge in [0, 0.05) is 67.9 Å². The Balaban J connectivity index is 1.33. The van der Waals surface area contributed by atoms with Crippen LogP contribution < -0.4 is 15.1 Å². The fourth-order valence-electron chi connectivity index (χ4n) is 5.26. The summed E-state index contributed by atoms with van der Waals surface area (Å²) in [5.41, 5.74) is 1.59. The number of halogens is 1. The van der Waals surface area contributed by atoms with E-state index in [0.29, 0.717) is 49.5 Å². The number of ether oxygens (including phenoxy) is 1. The number of carbonyl (C=O) groups excluding carboxylic acids is 2. The monoisotopic (exact) mass is 523 g/mol. The highest BCUT2D eigenvalue weighted by Gasteiger charge is 2.40. The van der Waals surface area contributed by atoms with Gasteiger partial charge in [0.2, 0.25) is 0 Å². The molecule has 0 bridgehead atoms. The van der Waals surface area contributed by atoms with Crippen LogP contribution in [0.2, 0.25) is 0 Å². The van der Waals surface area contributed by atoms with Gasteiger partial charge in [0.25, 0.3) is 0 Å². The third-order valence-corrected chi connectivity index (χ3v) is 6.88.